The van der Waals surface area contributed by atoms with E-state index in [1.807, 2.05) is 6.92 Å². The van der Waals surface area contributed by atoms with Crippen molar-refractivity contribution >= 4 is 29.0 Å². The number of hydrogen-bond acceptors (Lipinski definition) is 4. The molecule has 0 saturated carbocycles. The van der Waals surface area contributed by atoms with Crippen LogP contribution in [0.1, 0.15) is 11.1 Å². The number of halogens is 1. The fraction of sp³-hybridized carbons (Fsp3) is 0.188. The number of thioether (sulfide) groups is 1. The molecule has 23 heavy (non-hydrogen) atoms. The zero-order valence-corrected chi connectivity index (χ0v) is 13.4. The highest BCUT2D eigenvalue weighted by Crippen LogP contribution is 2.28. The lowest BCUT2D eigenvalue weighted by molar-refractivity contribution is -0.384. The molecule has 7 heteroatoms. The number of carbonyl (C=O) groups is 1. The smallest absolute Gasteiger partial charge is 0.293 e. The Morgan fingerprint density at radius 3 is 2.43 bits per heavy atom. The molecule has 0 atom stereocenters. The molecule has 0 saturated heterocycles. The largest absolute Gasteiger partial charge is 0.320 e. The molecule has 0 heterocycles. The monoisotopic (exact) mass is 334 g/mol. The molecule has 0 unspecified atom stereocenters. The van der Waals surface area contributed by atoms with Crippen molar-refractivity contribution in [3.63, 3.8) is 0 Å². The minimum Gasteiger partial charge on any atom is -0.320 e. The minimum absolute atomic E-state index is 0.0791. The maximum atomic E-state index is 12.8. The molecule has 1 N–H and O–H groups in total. The highest BCUT2D eigenvalue weighted by atomic mass is 32.2. The fourth-order valence-corrected chi connectivity index (χ4v) is 2.62. The van der Waals surface area contributed by atoms with Crippen molar-refractivity contribution in [1.29, 1.82) is 0 Å². The van der Waals surface area contributed by atoms with Crippen molar-refractivity contribution in [2.45, 2.75) is 18.7 Å². The molecule has 0 aliphatic carbocycles. The molecule has 0 spiro atoms. The number of benzene rings is 2. The van der Waals surface area contributed by atoms with Crippen LogP contribution in [0, 0.1) is 29.8 Å². The van der Waals surface area contributed by atoms with E-state index in [-0.39, 0.29) is 28.9 Å². The lowest BCUT2D eigenvalue weighted by Crippen LogP contribution is -2.15. The molecule has 2 aromatic carbocycles. The van der Waals surface area contributed by atoms with Gasteiger partial charge in [-0.05, 0) is 55.3 Å². The summed E-state index contributed by atoms with van der Waals surface area (Å²) in [4.78, 5) is 23.3. The number of anilines is 1. The third kappa shape index (κ3) is 4.53. The van der Waals surface area contributed by atoms with E-state index in [1.54, 1.807) is 25.1 Å². The second-order valence-corrected chi connectivity index (χ2v) is 6.05. The molecule has 120 valence electrons. The first-order valence-corrected chi connectivity index (χ1v) is 7.79. The van der Waals surface area contributed by atoms with Gasteiger partial charge in [0.1, 0.15) is 11.5 Å². The van der Waals surface area contributed by atoms with Crippen LogP contribution < -0.4 is 5.32 Å². The van der Waals surface area contributed by atoms with Crippen molar-refractivity contribution in [1.82, 2.24) is 0 Å². The number of nitro groups is 1. The summed E-state index contributed by atoms with van der Waals surface area (Å²) in [5, 5.41) is 13.7. The first-order chi connectivity index (χ1) is 10.9. The average molecular weight is 334 g/mol. The summed E-state index contributed by atoms with van der Waals surface area (Å²) >= 11 is 1.23. The topological polar surface area (TPSA) is 72.2 Å². The zero-order valence-electron chi connectivity index (χ0n) is 12.6. The molecular formula is C16H15FN2O3S. The second-order valence-electron chi connectivity index (χ2n) is 5.00. The van der Waals surface area contributed by atoms with E-state index >= 15 is 0 Å². The van der Waals surface area contributed by atoms with Gasteiger partial charge in [0, 0.05) is 11.0 Å². The van der Waals surface area contributed by atoms with Crippen molar-refractivity contribution in [3.05, 3.63) is 63.5 Å². The molecule has 5 nitrogen and oxygen atoms in total. The predicted octanol–water partition coefficient (Wildman–Crippen LogP) is 4.08. The summed E-state index contributed by atoms with van der Waals surface area (Å²) in [6.07, 6.45) is 0. The van der Waals surface area contributed by atoms with Gasteiger partial charge in [-0.15, -0.1) is 11.8 Å². The molecule has 0 aromatic heterocycles. The van der Waals surface area contributed by atoms with Crippen molar-refractivity contribution in [2.24, 2.45) is 0 Å². The molecule has 2 aromatic rings. The lowest BCUT2D eigenvalue weighted by atomic mass is 10.1. The Balaban J connectivity index is 2.06. The van der Waals surface area contributed by atoms with Gasteiger partial charge in [-0.2, -0.15) is 0 Å². The number of nitrogens with one attached hydrogen (secondary N) is 1. The van der Waals surface area contributed by atoms with E-state index in [0.29, 0.717) is 0 Å². The maximum Gasteiger partial charge on any atom is 0.293 e. The molecule has 1 amide bonds. The van der Waals surface area contributed by atoms with E-state index in [9.17, 15) is 19.3 Å². The molecule has 2 rings (SSSR count). The summed E-state index contributed by atoms with van der Waals surface area (Å²) in [6.45, 7) is 3.60. The number of carbonyl (C=O) groups excluding carboxylic acids is 1. The summed E-state index contributed by atoms with van der Waals surface area (Å²) in [7, 11) is 0. The van der Waals surface area contributed by atoms with E-state index in [0.717, 1.165) is 16.0 Å². The van der Waals surface area contributed by atoms with Gasteiger partial charge in [-0.3, -0.25) is 14.9 Å². The van der Waals surface area contributed by atoms with E-state index in [4.69, 9.17) is 0 Å². The molecular weight excluding hydrogens is 319 g/mol. The van der Waals surface area contributed by atoms with Crippen LogP contribution in [0.5, 0.6) is 0 Å². The molecule has 0 radical (unpaired) electrons. The molecule has 0 fully saturated rings. The van der Waals surface area contributed by atoms with Crippen LogP contribution in [0.15, 0.2) is 41.3 Å². The van der Waals surface area contributed by atoms with Crippen LogP contribution in [0.3, 0.4) is 0 Å². The Kier molecular flexibility index (Phi) is 5.33. The van der Waals surface area contributed by atoms with Crippen LogP contribution in [0.25, 0.3) is 0 Å². The summed E-state index contributed by atoms with van der Waals surface area (Å²) < 4.78 is 12.8. The van der Waals surface area contributed by atoms with Gasteiger partial charge in [0.25, 0.3) is 5.69 Å². The Bertz CT molecular complexity index is 748. The lowest BCUT2D eigenvalue weighted by Gasteiger charge is -2.09. The highest BCUT2D eigenvalue weighted by molar-refractivity contribution is 8.00. The third-order valence-electron chi connectivity index (χ3n) is 3.27. The van der Waals surface area contributed by atoms with Crippen LogP contribution in [-0.4, -0.2) is 16.6 Å². The van der Waals surface area contributed by atoms with Crippen molar-refractivity contribution in [3.8, 4) is 0 Å². The Morgan fingerprint density at radius 1 is 1.22 bits per heavy atom. The van der Waals surface area contributed by atoms with Crippen LogP contribution >= 0.6 is 11.8 Å². The first kappa shape index (κ1) is 17.0. The normalized spacial score (nSPS) is 10.4. The van der Waals surface area contributed by atoms with Crippen molar-refractivity contribution < 1.29 is 14.1 Å². The Labute approximate surface area is 137 Å². The summed E-state index contributed by atoms with van der Waals surface area (Å²) in [5.74, 6) is -0.620. The van der Waals surface area contributed by atoms with Gasteiger partial charge in [-0.25, -0.2) is 4.39 Å². The standard InChI is InChI=1S/C16H15FN2O3S/c1-10-7-14(15(19(21)22)8-11(10)2)18-16(20)9-23-13-5-3-12(17)4-6-13/h3-8H,9H2,1-2H3,(H,18,20). The zero-order chi connectivity index (χ0) is 17.0. The highest BCUT2D eigenvalue weighted by Gasteiger charge is 2.17. The maximum absolute atomic E-state index is 12.8. The van der Waals surface area contributed by atoms with Gasteiger partial charge in [0.2, 0.25) is 5.91 Å². The Morgan fingerprint density at radius 2 is 1.83 bits per heavy atom. The number of aryl methyl sites for hydroxylation is 2. The number of amides is 1. The predicted molar refractivity (Wildman–Crippen MR) is 88.3 cm³/mol. The second kappa shape index (κ2) is 7.23. The first-order valence-electron chi connectivity index (χ1n) is 6.80. The van der Waals surface area contributed by atoms with Gasteiger partial charge >= 0.3 is 0 Å². The quantitative estimate of drug-likeness (QED) is 0.508. The van der Waals surface area contributed by atoms with E-state index in [1.165, 1.54) is 30.0 Å². The number of nitrogens with zero attached hydrogens (tertiary/aromatic N) is 1. The van der Waals surface area contributed by atoms with Gasteiger partial charge in [-0.1, -0.05) is 0 Å². The molecule has 0 aliphatic rings. The van der Waals surface area contributed by atoms with Gasteiger partial charge in [0.15, 0.2) is 0 Å². The van der Waals surface area contributed by atoms with Crippen LogP contribution in [-0.2, 0) is 4.79 Å². The van der Waals surface area contributed by atoms with Crippen LogP contribution in [0.4, 0.5) is 15.8 Å². The van der Waals surface area contributed by atoms with E-state index < -0.39 is 4.92 Å². The number of rotatable bonds is 5. The third-order valence-corrected chi connectivity index (χ3v) is 4.28. The van der Waals surface area contributed by atoms with Gasteiger partial charge in [0.05, 0.1) is 10.7 Å². The van der Waals surface area contributed by atoms with Gasteiger partial charge < -0.3 is 5.32 Å². The average Bonchev–Trinajstić information content (AvgIpc) is 2.50. The summed E-state index contributed by atoms with van der Waals surface area (Å²) in [5.41, 5.74) is 1.70. The fourth-order valence-electron chi connectivity index (χ4n) is 1.92. The van der Waals surface area contributed by atoms with E-state index in [2.05, 4.69) is 5.32 Å². The van der Waals surface area contributed by atoms with Crippen molar-refractivity contribution in [2.75, 3.05) is 11.1 Å². The molecule has 0 bridgehead atoms. The molecule has 0 aliphatic heterocycles. The number of hydrogen-bond donors (Lipinski definition) is 1. The number of nitro benzene ring substituents is 1. The minimum atomic E-state index is -0.519. The SMILES string of the molecule is Cc1cc(NC(=O)CSc2ccc(F)cc2)c([N+](=O)[O-])cc1C. The Hall–Kier alpha value is -2.41. The van der Waals surface area contributed by atoms with Crippen LogP contribution in [0.2, 0.25) is 0 Å². The summed E-state index contributed by atoms with van der Waals surface area (Å²) in [6, 6.07) is 8.81.